The highest BCUT2D eigenvalue weighted by Gasteiger charge is 2.15. The Hall–Kier alpha value is -0.780. The predicted molar refractivity (Wildman–Crippen MR) is 56.9 cm³/mol. The molecule has 0 amide bonds. The van der Waals surface area contributed by atoms with Gasteiger partial charge in [-0.2, -0.15) is 0 Å². The first-order valence-corrected chi connectivity index (χ1v) is 6.52. The highest BCUT2D eigenvalue weighted by atomic mass is 35.7. The first-order chi connectivity index (χ1) is 7.05. The maximum atomic E-state index is 11.1. The van der Waals surface area contributed by atoms with E-state index in [2.05, 4.69) is 0 Å². The van der Waals surface area contributed by atoms with Crippen molar-refractivity contribution >= 4 is 19.7 Å². The van der Waals surface area contributed by atoms with Gasteiger partial charge in [0.15, 0.2) is 0 Å². The number of hydrogen-bond donors (Lipinski definition) is 0. The molecule has 6 heteroatoms. The SMILES string of the molecule is COCCOc1ccccc1S(=O)(=O)Cl. The van der Waals surface area contributed by atoms with Crippen molar-refractivity contribution < 1.29 is 17.9 Å². The molecule has 4 nitrogen and oxygen atoms in total. The van der Waals surface area contributed by atoms with E-state index in [1.54, 1.807) is 18.2 Å². The Morgan fingerprint density at radius 2 is 1.93 bits per heavy atom. The van der Waals surface area contributed by atoms with E-state index in [-0.39, 0.29) is 17.3 Å². The van der Waals surface area contributed by atoms with Crippen LogP contribution in [-0.4, -0.2) is 28.7 Å². The highest BCUT2D eigenvalue weighted by molar-refractivity contribution is 8.13. The van der Waals surface area contributed by atoms with Gasteiger partial charge in [-0.1, -0.05) is 12.1 Å². The monoisotopic (exact) mass is 250 g/mol. The fourth-order valence-electron chi connectivity index (χ4n) is 1.01. The van der Waals surface area contributed by atoms with E-state index in [9.17, 15) is 8.42 Å². The fourth-order valence-corrected chi connectivity index (χ4v) is 2.00. The van der Waals surface area contributed by atoms with Gasteiger partial charge in [0, 0.05) is 17.8 Å². The minimum Gasteiger partial charge on any atom is -0.490 e. The van der Waals surface area contributed by atoms with Gasteiger partial charge in [-0.15, -0.1) is 0 Å². The van der Waals surface area contributed by atoms with E-state index in [4.69, 9.17) is 20.2 Å². The molecule has 0 aliphatic carbocycles. The molecule has 0 aromatic heterocycles. The van der Waals surface area contributed by atoms with Crippen molar-refractivity contribution in [1.82, 2.24) is 0 Å². The molecule has 0 aliphatic heterocycles. The molecule has 1 aromatic rings. The number of benzene rings is 1. The van der Waals surface area contributed by atoms with Crippen LogP contribution in [0, 0.1) is 0 Å². The van der Waals surface area contributed by atoms with Crippen LogP contribution in [0.15, 0.2) is 29.2 Å². The molecule has 0 heterocycles. The van der Waals surface area contributed by atoms with E-state index in [1.807, 2.05) is 0 Å². The maximum absolute atomic E-state index is 11.1. The predicted octanol–water partition coefficient (Wildman–Crippen LogP) is 1.64. The Bertz CT molecular complexity index is 416. The molecule has 0 fully saturated rings. The fraction of sp³-hybridized carbons (Fsp3) is 0.333. The van der Waals surface area contributed by atoms with Crippen molar-refractivity contribution in [3.05, 3.63) is 24.3 Å². The first kappa shape index (κ1) is 12.3. The second-order valence-corrected chi connectivity index (χ2v) is 5.26. The number of rotatable bonds is 5. The lowest BCUT2D eigenvalue weighted by Gasteiger charge is -2.08. The number of halogens is 1. The van der Waals surface area contributed by atoms with Crippen molar-refractivity contribution in [3.63, 3.8) is 0 Å². The largest absolute Gasteiger partial charge is 0.490 e. The topological polar surface area (TPSA) is 52.6 Å². The van der Waals surface area contributed by atoms with Crippen LogP contribution in [-0.2, 0) is 13.8 Å². The van der Waals surface area contributed by atoms with Crippen molar-refractivity contribution in [1.29, 1.82) is 0 Å². The maximum Gasteiger partial charge on any atom is 0.264 e. The van der Waals surface area contributed by atoms with Gasteiger partial charge in [-0.05, 0) is 12.1 Å². The Kier molecular flexibility index (Phi) is 4.38. The first-order valence-electron chi connectivity index (χ1n) is 4.21. The summed E-state index contributed by atoms with van der Waals surface area (Å²) in [6, 6.07) is 6.20. The Labute approximate surface area is 93.2 Å². The Balaban J connectivity index is 2.88. The summed E-state index contributed by atoms with van der Waals surface area (Å²) in [4.78, 5) is -0.0252. The zero-order valence-corrected chi connectivity index (χ0v) is 9.72. The molecule has 0 aliphatic rings. The normalized spacial score (nSPS) is 11.3. The summed E-state index contributed by atoms with van der Waals surface area (Å²) in [6.45, 7) is 0.663. The summed E-state index contributed by atoms with van der Waals surface area (Å²) in [5.41, 5.74) is 0. The molecule has 0 radical (unpaired) electrons. The second-order valence-electron chi connectivity index (χ2n) is 2.73. The van der Waals surface area contributed by atoms with Crippen LogP contribution in [0.5, 0.6) is 5.75 Å². The van der Waals surface area contributed by atoms with Gasteiger partial charge in [-0.3, -0.25) is 0 Å². The van der Waals surface area contributed by atoms with Crippen molar-refractivity contribution in [2.24, 2.45) is 0 Å². The molecule has 1 rings (SSSR count). The molecule has 15 heavy (non-hydrogen) atoms. The summed E-state index contributed by atoms with van der Waals surface area (Å²) in [6.07, 6.45) is 0. The average Bonchev–Trinajstić information content (AvgIpc) is 2.17. The van der Waals surface area contributed by atoms with E-state index in [1.165, 1.54) is 13.2 Å². The highest BCUT2D eigenvalue weighted by Crippen LogP contribution is 2.26. The van der Waals surface area contributed by atoms with Gasteiger partial charge in [0.2, 0.25) is 0 Å². The zero-order chi connectivity index (χ0) is 11.3. The van der Waals surface area contributed by atoms with Gasteiger partial charge < -0.3 is 9.47 Å². The quantitative estimate of drug-likeness (QED) is 0.589. The third-order valence-electron chi connectivity index (χ3n) is 1.66. The number of hydrogen-bond acceptors (Lipinski definition) is 4. The van der Waals surface area contributed by atoms with Crippen LogP contribution in [0.25, 0.3) is 0 Å². The van der Waals surface area contributed by atoms with Gasteiger partial charge >= 0.3 is 0 Å². The summed E-state index contributed by atoms with van der Waals surface area (Å²) in [5.74, 6) is 0.240. The van der Waals surface area contributed by atoms with Crippen LogP contribution in [0.2, 0.25) is 0 Å². The Morgan fingerprint density at radius 1 is 1.27 bits per heavy atom. The van der Waals surface area contributed by atoms with Gasteiger partial charge in [0.1, 0.15) is 17.3 Å². The van der Waals surface area contributed by atoms with Gasteiger partial charge in [0.25, 0.3) is 9.05 Å². The molecule has 0 saturated heterocycles. The van der Waals surface area contributed by atoms with E-state index < -0.39 is 9.05 Å². The van der Waals surface area contributed by atoms with Crippen molar-refractivity contribution in [2.75, 3.05) is 20.3 Å². The molecule has 0 atom stereocenters. The summed E-state index contributed by atoms with van der Waals surface area (Å²) >= 11 is 0. The number of para-hydroxylation sites is 1. The van der Waals surface area contributed by atoms with Gasteiger partial charge in [-0.25, -0.2) is 8.42 Å². The summed E-state index contributed by atoms with van der Waals surface area (Å²) < 4.78 is 32.3. The van der Waals surface area contributed by atoms with Crippen molar-refractivity contribution in [3.8, 4) is 5.75 Å². The smallest absolute Gasteiger partial charge is 0.264 e. The molecule has 0 saturated carbocycles. The van der Waals surface area contributed by atoms with Gasteiger partial charge in [0.05, 0.1) is 6.61 Å². The van der Waals surface area contributed by atoms with Crippen LogP contribution >= 0.6 is 10.7 Å². The average molecular weight is 251 g/mol. The summed E-state index contributed by atoms with van der Waals surface area (Å²) in [5, 5.41) is 0. The van der Waals surface area contributed by atoms with Crippen LogP contribution in [0.3, 0.4) is 0 Å². The van der Waals surface area contributed by atoms with E-state index in [0.29, 0.717) is 6.61 Å². The molecule has 0 spiro atoms. The molecular formula is C9H11ClO4S. The van der Waals surface area contributed by atoms with Crippen LogP contribution < -0.4 is 4.74 Å². The van der Waals surface area contributed by atoms with E-state index in [0.717, 1.165) is 0 Å². The lowest BCUT2D eigenvalue weighted by molar-refractivity contribution is 0.144. The number of methoxy groups -OCH3 is 1. The van der Waals surface area contributed by atoms with Crippen LogP contribution in [0.4, 0.5) is 0 Å². The zero-order valence-electron chi connectivity index (χ0n) is 8.14. The summed E-state index contributed by atoms with van der Waals surface area (Å²) in [7, 11) is 3.01. The minimum absolute atomic E-state index is 0.0252. The van der Waals surface area contributed by atoms with Crippen LogP contribution in [0.1, 0.15) is 0 Å². The third kappa shape index (κ3) is 3.70. The molecule has 0 N–H and O–H groups in total. The molecule has 84 valence electrons. The molecule has 0 bridgehead atoms. The minimum atomic E-state index is -3.76. The molecule has 1 aromatic carbocycles. The standard InChI is InChI=1S/C9H11ClO4S/c1-13-6-7-14-8-4-2-3-5-9(8)15(10,11)12/h2-5H,6-7H2,1H3. The molecular weight excluding hydrogens is 240 g/mol. The van der Waals surface area contributed by atoms with E-state index >= 15 is 0 Å². The second kappa shape index (κ2) is 5.34. The van der Waals surface area contributed by atoms with Crippen molar-refractivity contribution in [2.45, 2.75) is 4.90 Å². The molecule has 0 unspecified atom stereocenters. The number of ether oxygens (including phenoxy) is 2. The lowest BCUT2D eigenvalue weighted by Crippen LogP contribution is -2.06. The Morgan fingerprint density at radius 3 is 2.53 bits per heavy atom. The third-order valence-corrected chi connectivity index (χ3v) is 3.02. The lowest BCUT2D eigenvalue weighted by atomic mass is 10.3.